The minimum absolute atomic E-state index is 0.121. The standard InChI is InChI=1S/C29H23NO2S/c1-19-6-8-20(9-7-19)29(32)30-24-11-13-25(14-12-24)33-18-28(31)22-10-15-27-23(17-22)16-21-4-2-3-5-26(21)27/h2-15,17H,16,18H2,1H3,(H,30,32). The largest absolute Gasteiger partial charge is 0.322 e. The van der Waals surface area contributed by atoms with Crippen molar-refractivity contribution < 1.29 is 9.59 Å². The lowest BCUT2D eigenvalue weighted by Gasteiger charge is -2.08. The van der Waals surface area contributed by atoms with Gasteiger partial charge in [-0.25, -0.2) is 0 Å². The van der Waals surface area contributed by atoms with Gasteiger partial charge in [-0.1, -0.05) is 54.1 Å². The molecule has 4 aromatic rings. The van der Waals surface area contributed by atoms with Crippen LogP contribution >= 0.6 is 11.8 Å². The molecule has 1 aliphatic rings. The van der Waals surface area contributed by atoms with Crippen molar-refractivity contribution in [3.05, 3.63) is 119 Å². The predicted molar refractivity (Wildman–Crippen MR) is 135 cm³/mol. The Bertz CT molecular complexity index is 1340. The summed E-state index contributed by atoms with van der Waals surface area (Å²) in [4.78, 5) is 26.2. The second kappa shape index (κ2) is 9.08. The molecule has 0 aromatic heterocycles. The van der Waals surface area contributed by atoms with Crippen molar-refractivity contribution in [3.63, 3.8) is 0 Å². The Balaban J connectivity index is 1.19. The van der Waals surface area contributed by atoms with Crippen molar-refractivity contribution in [2.24, 2.45) is 0 Å². The number of carbonyl (C=O) groups is 2. The number of hydrogen-bond acceptors (Lipinski definition) is 3. The van der Waals surface area contributed by atoms with E-state index in [4.69, 9.17) is 0 Å². The molecule has 0 heterocycles. The van der Waals surface area contributed by atoms with E-state index in [-0.39, 0.29) is 11.7 Å². The molecule has 5 rings (SSSR count). The number of ketones is 1. The Hall–Kier alpha value is -3.63. The monoisotopic (exact) mass is 449 g/mol. The molecule has 1 amide bonds. The fourth-order valence-corrected chi connectivity index (χ4v) is 4.89. The average Bonchev–Trinajstić information content (AvgIpc) is 3.21. The van der Waals surface area contributed by atoms with Crippen LogP contribution in [0.4, 0.5) is 5.69 Å². The van der Waals surface area contributed by atoms with E-state index in [1.54, 1.807) is 0 Å². The summed E-state index contributed by atoms with van der Waals surface area (Å²) in [5.74, 6) is 0.362. The van der Waals surface area contributed by atoms with Gasteiger partial charge in [0.15, 0.2) is 5.78 Å². The number of thioether (sulfide) groups is 1. The number of Topliss-reactive ketones (excluding diaryl/α,β-unsaturated/α-hetero) is 1. The number of anilines is 1. The molecule has 0 atom stereocenters. The molecule has 4 heteroatoms. The first-order chi connectivity index (χ1) is 16.1. The Kier molecular flexibility index (Phi) is 5.84. The molecule has 3 nitrogen and oxygen atoms in total. The molecule has 0 aliphatic heterocycles. The van der Waals surface area contributed by atoms with Crippen molar-refractivity contribution >= 4 is 29.1 Å². The first-order valence-electron chi connectivity index (χ1n) is 10.9. The summed E-state index contributed by atoms with van der Waals surface area (Å²) in [6, 6.07) is 29.6. The van der Waals surface area contributed by atoms with Gasteiger partial charge in [-0.2, -0.15) is 0 Å². The van der Waals surface area contributed by atoms with Crippen LogP contribution in [0.25, 0.3) is 11.1 Å². The maximum absolute atomic E-state index is 12.8. The quantitative estimate of drug-likeness (QED) is 0.229. The van der Waals surface area contributed by atoms with Gasteiger partial charge >= 0.3 is 0 Å². The average molecular weight is 450 g/mol. The van der Waals surface area contributed by atoms with Crippen molar-refractivity contribution in [1.82, 2.24) is 0 Å². The van der Waals surface area contributed by atoms with Crippen LogP contribution in [0.5, 0.6) is 0 Å². The number of aryl methyl sites for hydroxylation is 1. The third kappa shape index (κ3) is 4.62. The number of hydrogen-bond donors (Lipinski definition) is 1. The summed E-state index contributed by atoms with van der Waals surface area (Å²) < 4.78 is 0. The summed E-state index contributed by atoms with van der Waals surface area (Å²) in [6.45, 7) is 1.99. The van der Waals surface area contributed by atoms with Crippen molar-refractivity contribution in [2.45, 2.75) is 18.2 Å². The van der Waals surface area contributed by atoms with Crippen LogP contribution in [0.1, 0.15) is 37.4 Å². The molecule has 0 saturated carbocycles. The van der Waals surface area contributed by atoms with Crippen molar-refractivity contribution in [3.8, 4) is 11.1 Å². The molecule has 162 valence electrons. The Labute approximate surface area is 197 Å². The van der Waals surface area contributed by atoms with Gasteiger partial charge in [-0.15, -0.1) is 11.8 Å². The van der Waals surface area contributed by atoms with Crippen molar-refractivity contribution in [2.75, 3.05) is 11.1 Å². The molecule has 4 aromatic carbocycles. The lowest BCUT2D eigenvalue weighted by molar-refractivity contribution is 0.101. The topological polar surface area (TPSA) is 46.2 Å². The zero-order valence-electron chi connectivity index (χ0n) is 18.3. The van der Waals surface area contributed by atoms with Crippen molar-refractivity contribution in [1.29, 1.82) is 0 Å². The molecule has 1 aliphatic carbocycles. The number of carbonyl (C=O) groups excluding carboxylic acids is 2. The predicted octanol–water partition coefficient (Wildman–Crippen LogP) is 6.79. The molecular weight excluding hydrogens is 426 g/mol. The van der Waals surface area contributed by atoms with E-state index >= 15 is 0 Å². The second-order valence-electron chi connectivity index (χ2n) is 8.26. The Morgan fingerprint density at radius 1 is 0.788 bits per heavy atom. The van der Waals surface area contributed by atoms with E-state index in [0.717, 1.165) is 28.1 Å². The van der Waals surface area contributed by atoms with Gasteiger partial charge < -0.3 is 5.32 Å². The summed E-state index contributed by atoms with van der Waals surface area (Å²) in [6.07, 6.45) is 0.884. The van der Waals surface area contributed by atoms with Crippen LogP contribution in [-0.4, -0.2) is 17.4 Å². The lowest BCUT2D eigenvalue weighted by Crippen LogP contribution is -2.11. The van der Waals surface area contributed by atoms with Crippen LogP contribution in [0.3, 0.4) is 0 Å². The van der Waals surface area contributed by atoms with E-state index < -0.39 is 0 Å². The maximum Gasteiger partial charge on any atom is 0.255 e. The Morgan fingerprint density at radius 2 is 1.48 bits per heavy atom. The second-order valence-corrected chi connectivity index (χ2v) is 9.31. The molecule has 0 spiro atoms. The highest BCUT2D eigenvalue weighted by Gasteiger charge is 2.19. The normalized spacial score (nSPS) is 11.5. The summed E-state index contributed by atoms with van der Waals surface area (Å²) in [7, 11) is 0. The molecule has 1 N–H and O–H groups in total. The number of nitrogens with one attached hydrogen (secondary N) is 1. The number of rotatable bonds is 6. The molecule has 0 radical (unpaired) electrons. The Morgan fingerprint density at radius 3 is 2.27 bits per heavy atom. The zero-order chi connectivity index (χ0) is 22.8. The zero-order valence-corrected chi connectivity index (χ0v) is 19.1. The summed E-state index contributed by atoms with van der Waals surface area (Å²) in [5.41, 5.74) is 8.29. The summed E-state index contributed by atoms with van der Waals surface area (Å²) in [5, 5.41) is 2.91. The first kappa shape index (κ1) is 21.2. The highest BCUT2D eigenvalue weighted by Crippen LogP contribution is 2.37. The fourth-order valence-electron chi connectivity index (χ4n) is 4.09. The smallest absolute Gasteiger partial charge is 0.255 e. The van der Waals surface area contributed by atoms with Gasteiger partial charge in [0, 0.05) is 21.7 Å². The fraction of sp³-hybridized carbons (Fsp3) is 0.103. The van der Waals surface area contributed by atoms with Gasteiger partial charge in [0.1, 0.15) is 0 Å². The third-order valence-electron chi connectivity index (χ3n) is 5.91. The van der Waals surface area contributed by atoms with E-state index in [0.29, 0.717) is 11.3 Å². The molecular formula is C29H23NO2S. The minimum atomic E-state index is -0.135. The molecule has 0 saturated heterocycles. The molecule has 0 unspecified atom stereocenters. The molecule has 0 fully saturated rings. The SMILES string of the molecule is Cc1ccc(C(=O)Nc2ccc(SCC(=O)c3ccc4c(c3)Cc3ccccc3-4)cc2)cc1. The van der Waals surface area contributed by atoms with E-state index in [1.807, 2.05) is 67.6 Å². The highest BCUT2D eigenvalue weighted by molar-refractivity contribution is 8.00. The lowest BCUT2D eigenvalue weighted by atomic mass is 10.0. The third-order valence-corrected chi connectivity index (χ3v) is 6.92. The van der Waals surface area contributed by atoms with Gasteiger partial charge in [-0.3, -0.25) is 9.59 Å². The molecule has 33 heavy (non-hydrogen) atoms. The summed E-state index contributed by atoms with van der Waals surface area (Å²) >= 11 is 1.51. The van der Waals surface area contributed by atoms with Gasteiger partial charge in [-0.05, 0) is 78.1 Å². The van der Waals surface area contributed by atoms with Crippen LogP contribution in [0, 0.1) is 6.92 Å². The van der Waals surface area contributed by atoms with E-state index in [9.17, 15) is 9.59 Å². The van der Waals surface area contributed by atoms with E-state index in [2.05, 4.69) is 35.6 Å². The number of benzene rings is 4. The van der Waals surface area contributed by atoms with Crippen LogP contribution in [-0.2, 0) is 6.42 Å². The first-order valence-corrected chi connectivity index (χ1v) is 11.9. The number of fused-ring (bicyclic) bond motifs is 3. The maximum atomic E-state index is 12.8. The van der Waals surface area contributed by atoms with E-state index in [1.165, 1.54) is 34.0 Å². The van der Waals surface area contributed by atoms with Crippen LogP contribution in [0.15, 0.2) is 95.9 Å². The highest BCUT2D eigenvalue weighted by atomic mass is 32.2. The number of amides is 1. The van der Waals surface area contributed by atoms with Crippen LogP contribution < -0.4 is 5.32 Å². The molecule has 0 bridgehead atoms. The van der Waals surface area contributed by atoms with Gasteiger partial charge in [0.05, 0.1) is 5.75 Å². The van der Waals surface area contributed by atoms with Crippen LogP contribution in [0.2, 0.25) is 0 Å². The van der Waals surface area contributed by atoms with Gasteiger partial charge in [0.2, 0.25) is 0 Å². The minimum Gasteiger partial charge on any atom is -0.322 e. The van der Waals surface area contributed by atoms with Gasteiger partial charge in [0.25, 0.3) is 5.91 Å².